The van der Waals surface area contributed by atoms with Crippen molar-refractivity contribution in [1.82, 2.24) is 9.29 Å². The third kappa shape index (κ3) is 3.73. The van der Waals surface area contributed by atoms with Crippen LogP contribution in [0.25, 0.3) is 0 Å². The molecule has 2 aliphatic heterocycles. The molecule has 1 unspecified atom stereocenters. The van der Waals surface area contributed by atoms with Crippen molar-refractivity contribution in [2.24, 2.45) is 5.92 Å². The van der Waals surface area contributed by atoms with Crippen molar-refractivity contribution in [3.63, 3.8) is 0 Å². The quantitative estimate of drug-likeness (QED) is 0.782. The smallest absolute Gasteiger partial charge is 0.213 e. The first-order valence-electron chi connectivity index (χ1n) is 8.71. The fourth-order valence-electron chi connectivity index (χ4n) is 3.81. The topological polar surface area (TPSA) is 68.7 Å². The zero-order valence-electron chi connectivity index (χ0n) is 14.2. The Balaban J connectivity index is 1.54. The highest BCUT2D eigenvalue weighted by Crippen LogP contribution is 2.42. The Labute approximate surface area is 144 Å². The SMILES string of the molecule is CCS(=O)(=O)N1CCC2(CC1)OCCC2CCOc1ccccn1. The van der Waals surface area contributed by atoms with Crippen LogP contribution in [0.2, 0.25) is 0 Å². The second-order valence-corrected chi connectivity index (χ2v) is 8.76. The van der Waals surface area contributed by atoms with Gasteiger partial charge in [0.05, 0.1) is 18.0 Å². The highest BCUT2D eigenvalue weighted by molar-refractivity contribution is 7.89. The molecule has 3 rings (SSSR count). The summed E-state index contributed by atoms with van der Waals surface area (Å²) in [6.07, 6.45) is 5.21. The first kappa shape index (κ1) is 17.6. The summed E-state index contributed by atoms with van der Waals surface area (Å²) in [6, 6.07) is 5.63. The Bertz CT molecular complexity index is 627. The molecule has 2 saturated heterocycles. The maximum absolute atomic E-state index is 12.0. The van der Waals surface area contributed by atoms with Gasteiger partial charge in [0.2, 0.25) is 15.9 Å². The summed E-state index contributed by atoms with van der Waals surface area (Å²) in [6.45, 7) is 4.20. The van der Waals surface area contributed by atoms with E-state index >= 15 is 0 Å². The number of hydrogen-bond acceptors (Lipinski definition) is 5. The normalized spacial score (nSPS) is 24.3. The van der Waals surface area contributed by atoms with Gasteiger partial charge in [-0.3, -0.25) is 0 Å². The van der Waals surface area contributed by atoms with E-state index in [9.17, 15) is 8.42 Å². The highest BCUT2D eigenvalue weighted by atomic mass is 32.2. The molecule has 134 valence electrons. The van der Waals surface area contributed by atoms with Crippen LogP contribution in [0.3, 0.4) is 0 Å². The molecule has 24 heavy (non-hydrogen) atoms. The fourth-order valence-corrected chi connectivity index (χ4v) is 4.91. The minimum absolute atomic E-state index is 0.169. The van der Waals surface area contributed by atoms with Crippen molar-refractivity contribution >= 4 is 10.0 Å². The molecule has 0 aliphatic carbocycles. The van der Waals surface area contributed by atoms with Crippen LogP contribution in [-0.4, -0.2) is 55.4 Å². The van der Waals surface area contributed by atoms with Crippen molar-refractivity contribution in [3.05, 3.63) is 24.4 Å². The third-order valence-corrected chi connectivity index (χ3v) is 7.16. The lowest BCUT2D eigenvalue weighted by Gasteiger charge is -2.41. The van der Waals surface area contributed by atoms with Gasteiger partial charge in [0.25, 0.3) is 0 Å². The Hall–Kier alpha value is -1.18. The summed E-state index contributed by atoms with van der Waals surface area (Å²) in [5.74, 6) is 1.24. The Morgan fingerprint density at radius 1 is 1.38 bits per heavy atom. The Kier molecular flexibility index (Phi) is 5.42. The molecule has 1 aromatic heterocycles. The van der Waals surface area contributed by atoms with E-state index in [1.54, 1.807) is 17.4 Å². The van der Waals surface area contributed by atoms with E-state index in [0.29, 0.717) is 31.5 Å². The van der Waals surface area contributed by atoms with E-state index in [-0.39, 0.29) is 11.4 Å². The minimum atomic E-state index is -3.09. The molecule has 1 aromatic rings. The molecule has 0 bridgehead atoms. The lowest BCUT2D eigenvalue weighted by molar-refractivity contribution is -0.0589. The van der Waals surface area contributed by atoms with Gasteiger partial charge in [-0.25, -0.2) is 17.7 Å². The van der Waals surface area contributed by atoms with Crippen molar-refractivity contribution in [3.8, 4) is 5.88 Å². The van der Waals surface area contributed by atoms with Gasteiger partial charge < -0.3 is 9.47 Å². The molecule has 0 radical (unpaired) electrons. The summed E-state index contributed by atoms with van der Waals surface area (Å²) in [7, 11) is -3.09. The maximum atomic E-state index is 12.0. The van der Waals surface area contributed by atoms with E-state index < -0.39 is 10.0 Å². The van der Waals surface area contributed by atoms with Crippen LogP contribution in [0.1, 0.15) is 32.6 Å². The van der Waals surface area contributed by atoms with Gasteiger partial charge >= 0.3 is 0 Å². The molecule has 6 nitrogen and oxygen atoms in total. The second kappa shape index (κ2) is 7.37. The third-order valence-electron chi connectivity index (χ3n) is 5.28. The van der Waals surface area contributed by atoms with Gasteiger partial charge in [0.1, 0.15) is 0 Å². The molecule has 2 aliphatic rings. The molecule has 1 atom stereocenters. The van der Waals surface area contributed by atoms with E-state index in [1.807, 2.05) is 18.2 Å². The summed E-state index contributed by atoms with van der Waals surface area (Å²) in [4.78, 5) is 4.17. The molecule has 2 fully saturated rings. The van der Waals surface area contributed by atoms with Crippen LogP contribution in [0.15, 0.2) is 24.4 Å². The van der Waals surface area contributed by atoms with Crippen molar-refractivity contribution < 1.29 is 17.9 Å². The van der Waals surface area contributed by atoms with Gasteiger partial charge in [-0.2, -0.15) is 0 Å². The molecule has 0 amide bonds. The Morgan fingerprint density at radius 2 is 2.17 bits per heavy atom. The van der Waals surface area contributed by atoms with Gasteiger partial charge in [-0.05, 0) is 44.6 Å². The molecule has 0 N–H and O–H groups in total. The summed E-state index contributed by atoms with van der Waals surface area (Å²) >= 11 is 0. The summed E-state index contributed by atoms with van der Waals surface area (Å²) in [5.41, 5.74) is -0.173. The minimum Gasteiger partial charge on any atom is -0.478 e. The van der Waals surface area contributed by atoms with Crippen molar-refractivity contribution in [2.45, 2.75) is 38.2 Å². The monoisotopic (exact) mass is 354 g/mol. The summed E-state index contributed by atoms with van der Waals surface area (Å²) in [5, 5.41) is 0. The van der Waals surface area contributed by atoms with Crippen molar-refractivity contribution in [1.29, 1.82) is 0 Å². The number of pyridine rings is 1. The predicted molar refractivity (Wildman–Crippen MR) is 91.4 cm³/mol. The molecule has 1 spiro atoms. The number of piperidine rings is 1. The largest absolute Gasteiger partial charge is 0.478 e. The van der Waals surface area contributed by atoms with E-state index in [1.165, 1.54) is 0 Å². The molecule has 7 heteroatoms. The van der Waals surface area contributed by atoms with E-state index in [4.69, 9.17) is 9.47 Å². The maximum Gasteiger partial charge on any atom is 0.213 e. The second-order valence-electron chi connectivity index (χ2n) is 6.50. The summed E-state index contributed by atoms with van der Waals surface area (Å²) < 4.78 is 37.5. The first-order chi connectivity index (χ1) is 11.6. The zero-order valence-corrected chi connectivity index (χ0v) is 15.0. The van der Waals surface area contributed by atoms with Gasteiger partial charge in [0, 0.05) is 32.0 Å². The van der Waals surface area contributed by atoms with Crippen LogP contribution in [0, 0.1) is 5.92 Å². The van der Waals surface area contributed by atoms with Gasteiger partial charge in [-0.15, -0.1) is 0 Å². The standard InChI is InChI=1S/C17H26N2O4S/c1-2-24(20,21)19-11-8-17(9-12-19)15(7-14-23-17)6-13-22-16-5-3-4-10-18-16/h3-5,10,15H,2,6-9,11-14H2,1H3. The van der Waals surface area contributed by atoms with E-state index in [0.717, 1.165) is 32.3 Å². The van der Waals surface area contributed by atoms with Crippen LogP contribution < -0.4 is 4.74 Å². The molecule has 0 saturated carbocycles. The molecular formula is C17H26N2O4S. The number of ether oxygens (including phenoxy) is 2. The van der Waals surface area contributed by atoms with Crippen LogP contribution >= 0.6 is 0 Å². The average molecular weight is 354 g/mol. The predicted octanol–water partition coefficient (Wildman–Crippen LogP) is 2.07. The number of hydrogen-bond donors (Lipinski definition) is 0. The van der Waals surface area contributed by atoms with E-state index in [2.05, 4.69) is 4.98 Å². The van der Waals surface area contributed by atoms with Crippen molar-refractivity contribution in [2.75, 3.05) is 32.1 Å². The lowest BCUT2D eigenvalue weighted by atomic mass is 9.78. The number of rotatable bonds is 6. The zero-order chi connectivity index (χ0) is 17.0. The van der Waals surface area contributed by atoms with Crippen LogP contribution in [0.5, 0.6) is 5.88 Å². The highest BCUT2D eigenvalue weighted by Gasteiger charge is 2.47. The number of aromatic nitrogens is 1. The number of sulfonamides is 1. The van der Waals surface area contributed by atoms with Gasteiger partial charge in [-0.1, -0.05) is 6.07 Å². The van der Waals surface area contributed by atoms with Gasteiger partial charge in [0.15, 0.2) is 0 Å². The Morgan fingerprint density at radius 3 is 2.83 bits per heavy atom. The molecule has 3 heterocycles. The molecular weight excluding hydrogens is 328 g/mol. The average Bonchev–Trinajstić information content (AvgIpc) is 2.98. The number of nitrogens with zero attached hydrogens (tertiary/aromatic N) is 2. The fraction of sp³-hybridized carbons (Fsp3) is 0.706. The first-order valence-corrected chi connectivity index (χ1v) is 10.3. The van der Waals surface area contributed by atoms with Crippen LogP contribution in [0.4, 0.5) is 0 Å². The molecule has 0 aromatic carbocycles. The van der Waals surface area contributed by atoms with Crippen LogP contribution in [-0.2, 0) is 14.8 Å². The lowest BCUT2D eigenvalue weighted by Crippen LogP contribution is -2.49.